The summed E-state index contributed by atoms with van der Waals surface area (Å²) in [7, 11) is 0. The predicted octanol–water partition coefficient (Wildman–Crippen LogP) is 1.98. The summed E-state index contributed by atoms with van der Waals surface area (Å²) in [5.41, 5.74) is 2.44. The largest absolute Gasteiger partial charge is 0.396 e. The summed E-state index contributed by atoms with van der Waals surface area (Å²) in [4.78, 5) is 10.8. The Morgan fingerprint density at radius 2 is 2.23 bits per heavy atom. The molecule has 1 fully saturated rings. The predicted molar refractivity (Wildman–Crippen MR) is 90.4 cm³/mol. The van der Waals surface area contributed by atoms with E-state index in [1.165, 1.54) is 5.69 Å². The van der Waals surface area contributed by atoms with Crippen LogP contribution in [0.5, 0.6) is 0 Å². The summed E-state index contributed by atoms with van der Waals surface area (Å²) in [6.45, 7) is 11.0. The molecule has 1 N–H and O–H groups in total. The van der Waals surface area contributed by atoms with Crippen molar-refractivity contribution in [3.8, 4) is 0 Å². The van der Waals surface area contributed by atoms with Crippen LogP contribution in [0.15, 0.2) is 11.6 Å². The molecule has 0 amide bonds. The van der Waals surface area contributed by atoms with E-state index in [1.807, 2.05) is 0 Å². The maximum Gasteiger partial charge on any atom is 0.194 e. The minimum atomic E-state index is 0.266. The number of imidazole rings is 1. The summed E-state index contributed by atoms with van der Waals surface area (Å²) in [5.74, 6) is 0. The number of thiazole rings is 1. The molecule has 5 nitrogen and oxygen atoms in total. The van der Waals surface area contributed by atoms with Gasteiger partial charge in [-0.15, -0.1) is 11.3 Å². The average molecular weight is 322 g/mol. The third-order valence-electron chi connectivity index (χ3n) is 4.67. The standard InChI is InChI=1S/C16H26N4OS/c1-12(2)19-6-5-18(10-14(19)4-8-21)11-15-13(3)17-16-20(15)7-9-22-16/h7,9,12,14,21H,4-6,8,10-11H2,1-3H3/t14-/m1/s1. The summed E-state index contributed by atoms with van der Waals surface area (Å²) >= 11 is 1.69. The maximum atomic E-state index is 9.36. The van der Waals surface area contributed by atoms with Crippen LogP contribution in [0.4, 0.5) is 0 Å². The van der Waals surface area contributed by atoms with Gasteiger partial charge in [-0.2, -0.15) is 0 Å². The van der Waals surface area contributed by atoms with E-state index < -0.39 is 0 Å². The first-order valence-corrected chi connectivity index (χ1v) is 8.98. The molecule has 0 aromatic carbocycles. The molecule has 0 bridgehead atoms. The molecule has 1 saturated heterocycles. The van der Waals surface area contributed by atoms with Crippen molar-refractivity contribution in [1.29, 1.82) is 0 Å². The fourth-order valence-electron chi connectivity index (χ4n) is 3.51. The first-order chi connectivity index (χ1) is 10.6. The van der Waals surface area contributed by atoms with E-state index in [9.17, 15) is 5.11 Å². The van der Waals surface area contributed by atoms with E-state index in [0.717, 1.165) is 43.3 Å². The number of nitrogens with zero attached hydrogens (tertiary/aromatic N) is 4. The lowest BCUT2D eigenvalue weighted by molar-refractivity contribution is 0.0342. The molecule has 22 heavy (non-hydrogen) atoms. The maximum absolute atomic E-state index is 9.36. The molecule has 2 aromatic rings. The summed E-state index contributed by atoms with van der Waals surface area (Å²) in [5, 5.41) is 11.5. The molecule has 3 rings (SSSR count). The van der Waals surface area contributed by atoms with Crippen LogP contribution in [0.3, 0.4) is 0 Å². The van der Waals surface area contributed by atoms with Crippen LogP contribution >= 0.6 is 11.3 Å². The normalized spacial score (nSPS) is 21.2. The molecule has 122 valence electrons. The van der Waals surface area contributed by atoms with E-state index in [1.54, 1.807) is 11.3 Å². The Morgan fingerprint density at radius 1 is 1.41 bits per heavy atom. The number of rotatable bonds is 5. The van der Waals surface area contributed by atoms with E-state index in [-0.39, 0.29) is 6.61 Å². The van der Waals surface area contributed by atoms with Crippen molar-refractivity contribution in [2.45, 2.75) is 45.8 Å². The molecule has 0 saturated carbocycles. The van der Waals surface area contributed by atoms with Crippen LogP contribution in [0, 0.1) is 6.92 Å². The Morgan fingerprint density at radius 3 is 2.95 bits per heavy atom. The van der Waals surface area contributed by atoms with Gasteiger partial charge in [0, 0.05) is 56.4 Å². The average Bonchev–Trinajstić information content (AvgIpc) is 3.02. The molecule has 0 spiro atoms. The van der Waals surface area contributed by atoms with Gasteiger partial charge in [0.15, 0.2) is 4.96 Å². The molecule has 0 unspecified atom stereocenters. The lowest BCUT2D eigenvalue weighted by Crippen LogP contribution is -2.55. The second-order valence-corrected chi connectivity index (χ2v) is 7.31. The third-order valence-corrected chi connectivity index (χ3v) is 5.43. The monoisotopic (exact) mass is 322 g/mol. The first kappa shape index (κ1) is 15.9. The Labute approximate surface area is 136 Å². The fourth-order valence-corrected chi connectivity index (χ4v) is 4.28. The van der Waals surface area contributed by atoms with Crippen LogP contribution in [0.2, 0.25) is 0 Å². The Kier molecular flexibility index (Phi) is 4.82. The fraction of sp³-hybridized carbons (Fsp3) is 0.688. The van der Waals surface area contributed by atoms with Crippen LogP contribution in [0.1, 0.15) is 31.7 Å². The van der Waals surface area contributed by atoms with Crippen LogP contribution < -0.4 is 0 Å². The molecule has 1 aliphatic heterocycles. The van der Waals surface area contributed by atoms with Gasteiger partial charge in [0.05, 0.1) is 11.4 Å². The number of fused-ring (bicyclic) bond motifs is 1. The van der Waals surface area contributed by atoms with Crippen molar-refractivity contribution in [3.05, 3.63) is 23.0 Å². The number of hydrogen-bond donors (Lipinski definition) is 1. The van der Waals surface area contributed by atoms with Gasteiger partial charge in [-0.05, 0) is 27.2 Å². The number of aliphatic hydroxyl groups is 1. The molecule has 1 atom stereocenters. The van der Waals surface area contributed by atoms with E-state index >= 15 is 0 Å². The van der Waals surface area contributed by atoms with Gasteiger partial charge >= 0.3 is 0 Å². The number of aryl methyl sites for hydroxylation is 1. The second-order valence-electron chi connectivity index (χ2n) is 6.43. The Bertz CT molecular complexity index is 621. The third kappa shape index (κ3) is 3.06. The van der Waals surface area contributed by atoms with Crippen LogP contribution in [0.25, 0.3) is 4.96 Å². The molecular formula is C16H26N4OS. The van der Waals surface area contributed by atoms with Gasteiger partial charge in [0.25, 0.3) is 0 Å². The molecular weight excluding hydrogens is 296 g/mol. The Hall–Kier alpha value is -0.950. The highest BCUT2D eigenvalue weighted by Crippen LogP contribution is 2.21. The van der Waals surface area contributed by atoms with E-state index in [0.29, 0.717) is 12.1 Å². The van der Waals surface area contributed by atoms with Gasteiger partial charge in [-0.3, -0.25) is 14.2 Å². The summed E-state index contributed by atoms with van der Waals surface area (Å²) in [6.07, 6.45) is 2.97. The van der Waals surface area contributed by atoms with Crippen molar-refractivity contribution in [1.82, 2.24) is 19.2 Å². The van der Waals surface area contributed by atoms with Gasteiger partial charge in [0.1, 0.15) is 0 Å². The minimum Gasteiger partial charge on any atom is -0.396 e. The topological polar surface area (TPSA) is 44.0 Å². The van der Waals surface area contributed by atoms with Crippen molar-refractivity contribution >= 4 is 16.3 Å². The molecule has 2 aromatic heterocycles. The van der Waals surface area contributed by atoms with Gasteiger partial charge in [-0.25, -0.2) is 4.98 Å². The van der Waals surface area contributed by atoms with E-state index in [2.05, 4.69) is 51.5 Å². The lowest BCUT2D eigenvalue weighted by Gasteiger charge is -2.43. The number of piperazine rings is 1. The highest BCUT2D eigenvalue weighted by molar-refractivity contribution is 7.15. The smallest absolute Gasteiger partial charge is 0.194 e. The summed E-state index contributed by atoms with van der Waals surface area (Å²) in [6, 6.07) is 0.990. The number of aliphatic hydroxyl groups excluding tert-OH is 1. The van der Waals surface area contributed by atoms with Gasteiger partial charge in [0.2, 0.25) is 0 Å². The number of hydrogen-bond acceptors (Lipinski definition) is 5. The lowest BCUT2D eigenvalue weighted by atomic mass is 10.1. The quantitative estimate of drug-likeness (QED) is 0.914. The highest BCUT2D eigenvalue weighted by Gasteiger charge is 2.29. The molecule has 0 radical (unpaired) electrons. The molecule has 3 heterocycles. The van der Waals surface area contributed by atoms with Crippen LogP contribution in [-0.2, 0) is 6.54 Å². The van der Waals surface area contributed by atoms with Gasteiger partial charge < -0.3 is 5.11 Å². The SMILES string of the molecule is Cc1nc2sccn2c1CN1CCN(C(C)C)[C@H](CCO)C1. The van der Waals surface area contributed by atoms with Crippen molar-refractivity contribution in [2.75, 3.05) is 26.2 Å². The first-order valence-electron chi connectivity index (χ1n) is 8.10. The van der Waals surface area contributed by atoms with Crippen LogP contribution in [-0.4, -0.2) is 62.6 Å². The Balaban J connectivity index is 1.73. The zero-order chi connectivity index (χ0) is 15.7. The molecule has 6 heteroatoms. The highest BCUT2D eigenvalue weighted by atomic mass is 32.1. The summed E-state index contributed by atoms with van der Waals surface area (Å²) < 4.78 is 2.22. The minimum absolute atomic E-state index is 0.266. The molecule has 1 aliphatic rings. The van der Waals surface area contributed by atoms with Crippen molar-refractivity contribution in [2.24, 2.45) is 0 Å². The van der Waals surface area contributed by atoms with Crippen molar-refractivity contribution in [3.63, 3.8) is 0 Å². The zero-order valence-electron chi connectivity index (χ0n) is 13.7. The zero-order valence-corrected chi connectivity index (χ0v) is 14.5. The molecule has 0 aliphatic carbocycles. The second kappa shape index (κ2) is 6.66. The van der Waals surface area contributed by atoms with Crippen molar-refractivity contribution < 1.29 is 5.11 Å². The number of aromatic nitrogens is 2. The van der Waals surface area contributed by atoms with Gasteiger partial charge in [-0.1, -0.05) is 0 Å². The van der Waals surface area contributed by atoms with E-state index in [4.69, 9.17) is 0 Å².